The lowest BCUT2D eigenvalue weighted by molar-refractivity contribution is -0.163. The van der Waals surface area contributed by atoms with E-state index in [4.69, 9.17) is 9.47 Å². The van der Waals surface area contributed by atoms with Crippen molar-refractivity contribution in [3.05, 3.63) is 59.7 Å². The topological polar surface area (TPSA) is 95.2 Å². The first-order chi connectivity index (χ1) is 20.6. The SMILES string of the molecule is COc1ccc(C2CNC(Nc3ccc(C(=O)N4CCN(C(=O)C5(C6CCCCC6)CCCO5)CC4)cc3)NC2)cc1. The highest BCUT2D eigenvalue weighted by molar-refractivity contribution is 5.95. The molecule has 9 heteroatoms. The van der Waals surface area contributed by atoms with Crippen LogP contribution in [0.2, 0.25) is 0 Å². The number of benzene rings is 2. The summed E-state index contributed by atoms with van der Waals surface area (Å²) >= 11 is 0. The van der Waals surface area contributed by atoms with Gasteiger partial charge in [-0.2, -0.15) is 0 Å². The van der Waals surface area contributed by atoms with Gasteiger partial charge in [-0.15, -0.1) is 0 Å². The van der Waals surface area contributed by atoms with Gasteiger partial charge in [0.1, 0.15) is 17.6 Å². The molecule has 9 nitrogen and oxygen atoms in total. The molecule has 1 unspecified atom stereocenters. The summed E-state index contributed by atoms with van der Waals surface area (Å²) in [6.07, 6.45) is 7.58. The van der Waals surface area contributed by atoms with Crippen LogP contribution < -0.4 is 20.7 Å². The van der Waals surface area contributed by atoms with Crippen LogP contribution in [0, 0.1) is 5.92 Å². The largest absolute Gasteiger partial charge is 0.497 e. The number of carbonyl (C=O) groups is 2. The van der Waals surface area contributed by atoms with Crippen LogP contribution in [0.25, 0.3) is 0 Å². The standard InChI is InChI=1S/C33H45N5O4/c1-41-29-14-10-24(11-15-29)26-22-34-32(35-23-26)36-28-12-8-25(9-13-28)30(39)37-17-19-38(20-18-37)31(40)33(16-5-21-42-33)27-6-3-2-4-7-27/h8-15,26-27,32,34-36H,2-7,16-23H2,1H3. The van der Waals surface area contributed by atoms with Gasteiger partial charge in [0.15, 0.2) is 0 Å². The zero-order chi connectivity index (χ0) is 28.9. The van der Waals surface area contributed by atoms with E-state index in [-0.39, 0.29) is 18.1 Å². The Labute approximate surface area is 249 Å². The molecule has 1 atom stereocenters. The Morgan fingerprint density at radius 1 is 0.881 bits per heavy atom. The Morgan fingerprint density at radius 2 is 1.55 bits per heavy atom. The van der Waals surface area contributed by atoms with Gasteiger partial charge in [0.05, 0.1) is 7.11 Å². The predicted octanol–water partition coefficient (Wildman–Crippen LogP) is 3.78. The number of rotatable bonds is 7. The van der Waals surface area contributed by atoms with Gasteiger partial charge >= 0.3 is 0 Å². The Kier molecular flexibility index (Phi) is 8.97. The Balaban J connectivity index is 0.979. The van der Waals surface area contributed by atoms with Crippen LogP contribution in [0.1, 0.15) is 66.8 Å². The van der Waals surface area contributed by atoms with Crippen LogP contribution >= 0.6 is 0 Å². The van der Waals surface area contributed by atoms with E-state index >= 15 is 0 Å². The molecule has 4 fully saturated rings. The molecule has 226 valence electrons. The maximum atomic E-state index is 13.8. The van der Waals surface area contributed by atoms with Crippen molar-refractivity contribution >= 4 is 17.5 Å². The fourth-order valence-electron chi connectivity index (χ4n) is 7.21. The first-order valence-electron chi connectivity index (χ1n) is 15.8. The number of carbonyl (C=O) groups excluding carboxylic acids is 2. The molecule has 42 heavy (non-hydrogen) atoms. The van der Waals surface area contributed by atoms with E-state index in [1.165, 1.54) is 24.8 Å². The molecule has 2 aromatic carbocycles. The molecule has 3 N–H and O–H groups in total. The van der Waals surface area contributed by atoms with Gasteiger partial charge in [-0.3, -0.25) is 20.2 Å². The minimum absolute atomic E-state index is 0.0176. The molecule has 0 spiro atoms. The zero-order valence-electron chi connectivity index (χ0n) is 24.8. The van der Waals surface area contributed by atoms with Crippen LogP contribution in [0.15, 0.2) is 48.5 Å². The lowest BCUT2D eigenvalue weighted by Crippen LogP contribution is -2.59. The fourth-order valence-corrected chi connectivity index (χ4v) is 7.21. The second-order valence-electron chi connectivity index (χ2n) is 12.2. The van der Waals surface area contributed by atoms with E-state index in [1.807, 2.05) is 46.2 Å². The van der Waals surface area contributed by atoms with Gasteiger partial charge in [-0.05, 0) is 73.6 Å². The van der Waals surface area contributed by atoms with Gasteiger partial charge < -0.3 is 24.6 Å². The average molecular weight is 576 g/mol. The molecule has 0 aromatic heterocycles. The van der Waals surface area contributed by atoms with Crippen molar-refractivity contribution < 1.29 is 19.1 Å². The Bertz CT molecular complexity index is 1190. The molecule has 3 heterocycles. The third-order valence-electron chi connectivity index (χ3n) is 9.70. The first kappa shape index (κ1) is 29.0. The predicted molar refractivity (Wildman–Crippen MR) is 163 cm³/mol. The van der Waals surface area contributed by atoms with Gasteiger partial charge in [-0.1, -0.05) is 31.4 Å². The van der Waals surface area contributed by atoms with Gasteiger partial charge in [0, 0.05) is 63.0 Å². The van der Waals surface area contributed by atoms with E-state index in [2.05, 4.69) is 28.1 Å². The van der Waals surface area contributed by atoms with Gasteiger partial charge in [0.2, 0.25) is 0 Å². The molecule has 1 saturated carbocycles. The highest BCUT2D eigenvalue weighted by Crippen LogP contribution is 2.42. The number of nitrogens with one attached hydrogen (secondary N) is 3. The van der Waals surface area contributed by atoms with Crippen molar-refractivity contribution in [1.29, 1.82) is 0 Å². The Hall–Kier alpha value is -3.14. The maximum Gasteiger partial charge on any atom is 0.255 e. The summed E-state index contributed by atoms with van der Waals surface area (Å²) in [6.45, 7) is 4.64. The molecular weight excluding hydrogens is 530 g/mol. The Morgan fingerprint density at radius 3 is 2.17 bits per heavy atom. The number of ether oxygens (including phenoxy) is 2. The highest BCUT2D eigenvalue weighted by atomic mass is 16.5. The number of hydrogen-bond donors (Lipinski definition) is 3. The van der Waals surface area contributed by atoms with Crippen molar-refractivity contribution in [3.8, 4) is 5.75 Å². The van der Waals surface area contributed by atoms with E-state index < -0.39 is 5.60 Å². The number of methoxy groups -OCH3 is 1. The summed E-state index contributed by atoms with van der Waals surface area (Å²) in [6, 6.07) is 15.9. The lowest BCUT2D eigenvalue weighted by Gasteiger charge is -2.43. The maximum absolute atomic E-state index is 13.8. The van der Waals surface area contributed by atoms with Crippen LogP contribution in [0.3, 0.4) is 0 Å². The lowest BCUT2D eigenvalue weighted by atomic mass is 9.74. The van der Waals surface area contributed by atoms with Gasteiger partial charge in [-0.25, -0.2) is 0 Å². The van der Waals surface area contributed by atoms with Crippen molar-refractivity contribution in [1.82, 2.24) is 20.4 Å². The van der Waals surface area contributed by atoms with E-state index in [9.17, 15) is 9.59 Å². The third-order valence-corrected chi connectivity index (χ3v) is 9.70. The molecule has 4 aliphatic rings. The quantitative estimate of drug-likeness (QED) is 0.463. The minimum atomic E-state index is -0.631. The molecule has 2 amide bonds. The van der Waals surface area contributed by atoms with Crippen LogP contribution in [-0.4, -0.2) is 86.5 Å². The smallest absolute Gasteiger partial charge is 0.255 e. The minimum Gasteiger partial charge on any atom is -0.497 e. The first-order valence-corrected chi connectivity index (χ1v) is 15.8. The van der Waals surface area contributed by atoms with E-state index in [0.29, 0.717) is 50.2 Å². The third kappa shape index (κ3) is 6.14. The highest BCUT2D eigenvalue weighted by Gasteiger charge is 2.51. The van der Waals surface area contributed by atoms with Gasteiger partial charge in [0.25, 0.3) is 11.8 Å². The number of piperazine rings is 1. The summed E-state index contributed by atoms with van der Waals surface area (Å²) in [4.78, 5) is 30.9. The van der Waals surface area contributed by atoms with Crippen molar-refractivity contribution in [2.45, 2.75) is 62.8 Å². The zero-order valence-corrected chi connectivity index (χ0v) is 24.8. The van der Waals surface area contributed by atoms with E-state index in [1.54, 1.807) is 7.11 Å². The van der Waals surface area contributed by atoms with Crippen molar-refractivity contribution in [3.63, 3.8) is 0 Å². The molecule has 3 saturated heterocycles. The van der Waals surface area contributed by atoms with Crippen molar-refractivity contribution in [2.75, 3.05) is 58.3 Å². The molecule has 3 aliphatic heterocycles. The average Bonchev–Trinajstić information content (AvgIpc) is 3.57. The molecular formula is C33H45N5O4. The summed E-state index contributed by atoms with van der Waals surface area (Å²) in [5, 5.41) is 10.5. The number of anilines is 1. The number of amides is 2. The molecule has 0 bridgehead atoms. The molecule has 2 aromatic rings. The second kappa shape index (κ2) is 13.0. The number of nitrogens with zero attached hydrogens (tertiary/aromatic N) is 2. The summed E-state index contributed by atoms with van der Waals surface area (Å²) in [5.41, 5.74) is 2.26. The summed E-state index contributed by atoms with van der Waals surface area (Å²) in [5.74, 6) is 1.76. The molecule has 0 radical (unpaired) electrons. The monoisotopic (exact) mass is 575 g/mol. The fraction of sp³-hybridized carbons (Fsp3) is 0.576. The van der Waals surface area contributed by atoms with E-state index in [0.717, 1.165) is 50.2 Å². The van der Waals surface area contributed by atoms with Crippen LogP contribution in [0.5, 0.6) is 5.75 Å². The summed E-state index contributed by atoms with van der Waals surface area (Å²) < 4.78 is 11.5. The van der Waals surface area contributed by atoms with Crippen molar-refractivity contribution in [2.24, 2.45) is 5.92 Å². The number of hydrogen-bond acceptors (Lipinski definition) is 7. The summed E-state index contributed by atoms with van der Waals surface area (Å²) in [7, 11) is 1.68. The molecule has 6 rings (SSSR count). The van der Waals surface area contributed by atoms with Crippen LogP contribution in [0.4, 0.5) is 5.69 Å². The normalized spacial score (nSPS) is 27.1. The molecule has 1 aliphatic carbocycles. The second-order valence-corrected chi connectivity index (χ2v) is 12.2. The van der Waals surface area contributed by atoms with Crippen LogP contribution in [-0.2, 0) is 9.53 Å².